The van der Waals surface area contributed by atoms with Crippen LogP contribution >= 0.6 is 11.3 Å². The van der Waals surface area contributed by atoms with Gasteiger partial charge < -0.3 is 14.8 Å². The molecule has 152 valence electrons. The van der Waals surface area contributed by atoms with E-state index in [9.17, 15) is 14.9 Å². The van der Waals surface area contributed by atoms with Crippen LogP contribution in [0, 0.1) is 11.3 Å². The van der Waals surface area contributed by atoms with Gasteiger partial charge in [0.25, 0.3) is 5.91 Å². The Kier molecular flexibility index (Phi) is 8.93. The number of nitrogens with zero attached hydrogens (tertiary/aromatic N) is 1. The minimum Gasteiger partial charge on any atom is -0.494 e. The van der Waals surface area contributed by atoms with Crippen LogP contribution in [0.3, 0.4) is 0 Å². The molecule has 1 heterocycles. The molecule has 2 aromatic rings. The molecule has 1 aromatic carbocycles. The van der Waals surface area contributed by atoms with Crippen LogP contribution in [0.4, 0.5) is 5.00 Å². The first-order chi connectivity index (χ1) is 14.1. The van der Waals surface area contributed by atoms with Gasteiger partial charge in [-0.05, 0) is 48.6 Å². The van der Waals surface area contributed by atoms with E-state index in [0.717, 1.165) is 25.0 Å². The van der Waals surface area contributed by atoms with Gasteiger partial charge in [-0.25, -0.2) is 4.79 Å². The maximum atomic E-state index is 12.5. The minimum absolute atomic E-state index is 0.0650. The van der Waals surface area contributed by atoms with Crippen molar-refractivity contribution in [3.05, 3.63) is 52.4 Å². The molecule has 0 radical (unpaired) electrons. The molecule has 0 atom stereocenters. The van der Waals surface area contributed by atoms with Crippen molar-refractivity contribution >= 4 is 34.3 Å². The number of ether oxygens (including phenoxy) is 2. The second-order valence-electron chi connectivity index (χ2n) is 6.13. The Bertz CT molecular complexity index is 894. The van der Waals surface area contributed by atoms with Crippen LogP contribution in [0.25, 0.3) is 6.08 Å². The molecule has 0 bridgehead atoms. The van der Waals surface area contributed by atoms with Gasteiger partial charge in [-0.3, -0.25) is 4.79 Å². The molecule has 7 heteroatoms. The first-order valence-electron chi connectivity index (χ1n) is 9.49. The highest BCUT2D eigenvalue weighted by atomic mass is 32.1. The lowest BCUT2D eigenvalue weighted by molar-refractivity contribution is -0.112. The van der Waals surface area contributed by atoms with E-state index in [0.29, 0.717) is 17.2 Å². The largest absolute Gasteiger partial charge is 0.494 e. The number of hydrogen-bond acceptors (Lipinski definition) is 6. The van der Waals surface area contributed by atoms with Gasteiger partial charge in [0, 0.05) is 0 Å². The fourth-order valence-electron chi connectivity index (χ4n) is 2.46. The highest BCUT2D eigenvalue weighted by molar-refractivity contribution is 7.14. The lowest BCUT2D eigenvalue weighted by Crippen LogP contribution is -2.15. The molecule has 0 aliphatic carbocycles. The Morgan fingerprint density at radius 2 is 1.93 bits per heavy atom. The number of unbranched alkanes of at least 4 members (excludes halogenated alkanes) is 2. The smallest absolute Gasteiger partial charge is 0.341 e. The number of esters is 1. The normalized spacial score (nSPS) is 10.9. The van der Waals surface area contributed by atoms with Crippen molar-refractivity contribution in [2.75, 3.05) is 18.5 Å². The first kappa shape index (κ1) is 22.2. The monoisotopic (exact) mass is 412 g/mol. The van der Waals surface area contributed by atoms with Crippen molar-refractivity contribution < 1.29 is 19.1 Å². The average molecular weight is 413 g/mol. The second kappa shape index (κ2) is 11.7. The van der Waals surface area contributed by atoms with Gasteiger partial charge >= 0.3 is 5.97 Å². The Balaban J connectivity index is 2.04. The zero-order valence-corrected chi connectivity index (χ0v) is 17.4. The van der Waals surface area contributed by atoms with Crippen LogP contribution in [-0.4, -0.2) is 25.1 Å². The predicted octanol–water partition coefficient (Wildman–Crippen LogP) is 5.04. The fourth-order valence-corrected chi connectivity index (χ4v) is 3.23. The fraction of sp³-hybridized carbons (Fsp3) is 0.318. The molecule has 29 heavy (non-hydrogen) atoms. The average Bonchev–Trinajstić information content (AvgIpc) is 3.18. The SMILES string of the molecule is CCCCCOc1ccc(/C=C(\C#N)C(=O)Nc2sccc2C(=O)OCC)cc1. The Hall–Kier alpha value is -3.11. The molecular weight excluding hydrogens is 388 g/mol. The molecule has 0 aliphatic rings. The summed E-state index contributed by atoms with van der Waals surface area (Å²) in [6.45, 7) is 4.75. The van der Waals surface area contributed by atoms with Crippen LogP contribution in [0.1, 0.15) is 49.0 Å². The van der Waals surface area contributed by atoms with Crippen molar-refractivity contribution in [3.63, 3.8) is 0 Å². The summed E-state index contributed by atoms with van der Waals surface area (Å²) in [5.41, 5.74) is 0.909. The predicted molar refractivity (Wildman–Crippen MR) is 114 cm³/mol. The number of benzene rings is 1. The van der Waals surface area contributed by atoms with E-state index in [2.05, 4.69) is 12.2 Å². The minimum atomic E-state index is -0.583. The summed E-state index contributed by atoms with van der Waals surface area (Å²) in [5, 5.41) is 14.0. The van der Waals surface area contributed by atoms with Crippen LogP contribution in [0.15, 0.2) is 41.3 Å². The number of rotatable bonds is 10. The van der Waals surface area contributed by atoms with E-state index in [-0.39, 0.29) is 17.7 Å². The van der Waals surface area contributed by atoms with E-state index in [1.54, 1.807) is 30.5 Å². The molecule has 0 spiro atoms. The summed E-state index contributed by atoms with van der Waals surface area (Å²) in [7, 11) is 0. The summed E-state index contributed by atoms with van der Waals surface area (Å²) in [6, 6.07) is 10.7. The standard InChI is InChI=1S/C22H24N2O4S/c1-3-5-6-12-28-18-9-7-16(8-10-18)14-17(15-23)20(25)24-21-19(11-13-29-21)22(26)27-4-2/h7-11,13-14H,3-6,12H2,1-2H3,(H,24,25)/b17-14+. The van der Waals surface area contributed by atoms with Gasteiger partial charge in [0.1, 0.15) is 22.4 Å². The van der Waals surface area contributed by atoms with Crippen molar-refractivity contribution in [2.45, 2.75) is 33.1 Å². The molecule has 1 amide bonds. The number of amides is 1. The molecule has 6 nitrogen and oxygen atoms in total. The van der Waals surface area contributed by atoms with Crippen LogP contribution in [-0.2, 0) is 9.53 Å². The van der Waals surface area contributed by atoms with Crippen molar-refractivity contribution in [3.8, 4) is 11.8 Å². The van der Waals surface area contributed by atoms with Crippen LogP contribution in [0.5, 0.6) is 5.75 Å². The van der Waals surface area contributed by atoms with Gasteiger partial charge in [0.15, 0.2) is 0 Å². The van der Waals surface area contributed by atoms with Crippen molar-refractivity contribution in [1.82, 2.24) is 0 Å². The van der Waals surface area contributed by atoms with Crippen LogP contribution < -0.4 is 10.1 Å². The van der Waals surface area contributed by atoms with Crippen molar-refractivity contribution in [1.29, 1.82) is 5.26 Å². The molecule has 0 unspecified atom stereocenters. The zero-order valence-electron chi connectivity index (χ0n) is 16.6. The number of carbonyl (C=O) groups is 2. The molecule has 1 N–H and O–H groups in total. The molecule has 0 aliphatic heterocycles. The third-order valence-electron chi connectivity index (χ3n) is 3.96. The number of nitriles is 1. The van der Waals surface area contributed by atoms with Gasteiger partial charge in [-0.2, -0.15) is 5.26 Å². The molecule has 0 saturated carbocycles. The number of hydrogen-bond donors (Lipinski definition) is 1. The molecular formula is C22H24N2O4S. The summed E-state index contributed by atoms with van der Waals surface area (Å²) >= 11 is 1.19. The quantitative estimate of drug-likeness (QED) is 0.256. The Morgan fingerprint density at radius 3 is 2.59 bits per heavy atom. The molecule has 2 rings (SSSR count). The number of anilines is 1. The zero-order chi connectivity index (χ0) is 21.1. The third-order valence-corrected chi connectivity index (χ3v) is 4.79. The van der Waals surface area contributed by atoms with Gasteiger partial charge in [-0.1, -0.05) is 31.9 Å². The molecule has 0 saturated heterocycles. The maximum Gasteiger partial charge on any atom is 0.341 e. The van der Waals surface area contributed by atoms with E-state index in [1.165, 1.54) is 17.4 Å². The van der Waals surface area contributed by atoms with Crippen LogP contribution in [0.2, 0.25) is 0 Å². The maximum absolute atomic E-state index is 12.5. The van der Waals surface area contributed by atoms with Gasteiger partial charge in [0.2, 0.25) is 0 Å². The number of carbonyl (C=O) groups excluding carboxylic acids is 2. The molecule has 1 aromatic heterocycles. The lowest BCUT2D eigenvalue weighted by Gasteiger charge is -2.07. The summed E-state index contributed by atoms with van der Waals surface area (Å²) in [5.74, 6) is -0.347. The Morgan fingerprint density at radius 1 is 1.17 bits per heavy atom. The Labute approximate surface area is 174 Å². The van der Waals surface area contributed by atoms with E-state index >= 15 is 0 Å². The van der Waals surface area contributed by atoms with Crippen molar-refractivity contribution in [2.24, 2.45) is 0 Å². The van der Waals surface area contributed by atoms with Gasteiger partial charge in [0.05, 0.1) is 18.8 Å². The summed E-state index contributed by atoms with van der Waals surface area (Å²) in [6.07, 6.45) is 4.77. The highest BCUT2D eigenvalue weighted by Gasteiger charge is 2.18. The second-order valence-corrected chi connectivity index (χ2v) is 7.05. The summed E-state index contributed by atoms with van der Waals surface area (Å²) in [4.78, 5) is 24.4. The highest BCUT2D eigenvalue weighted by Crippen LogP contribution is 2.25. The lowest BCUT2D eigenvalue weighted by atomic mass is 10.1. The topological polar surface area (TPSA) is 88.4 Å². The summed E-state index contributed by atoms with van der Waals surface area (Å²) < 4.78 is 10.6. The molecule has 0 fully saturated rings. The van der Waals surface area contributed by atoms with E-state index in [4.69, 9.17) is 9.47 Å². The van der Waals surface area contributed by atoms with E-state index < -0.39 is 11.9 Å². The third kappa shape index (κ3) is 6.77. The van der Waals surface area contributed by atoms with Gasteiger partial charge in [-0.15, -0.1) is 11.3 Å². The number of nitrogens with one attached hydrogen (secondary N) is 1. The number of thiophene rings is 1. The first-order valence-corrected chi connectivity index (χ1v) is 10.4. The van der Waals surface area contributed by atoms with E-state index in [1.807, 2.05) is 18.2 Å².